The highest BCUT2D eigenvalue weighted by atomic mass is 79.9. The molecule has 0 saturated heterocycles. The average molecular weight is 2030 g/mol. The molecule has 4 spiro atoms. The summed E-state index contributed by atoms with van der Waals surface area (Å²) in [6.07, 6.45) is 4.55. The van der Waals surface area contributed by atoms with Crippen molar-refractivity contribution in [2.75, 3.05) is 70.5 Å². The van der Waals surface area contributed by atoms with Crippen LogP contribution in [0.5, 0.6) is 0 Å². The number of carbonyl (C=O) groups is 7. The van der Waals surface area contributed by atoms with Crippen molar-refractivity contribution in [1.82, 2.24) is 94.9 Å². The smallest absolute Gasteiger partial charge is 0.413 e. The summed E-state index contributed by atoms with van der Waals surface area (Å²) in [6, 6.07) is 41.8. The van der Waals surface area contributed by atoms with Crippen LogP contribution in [-0.4, -0.2) is 148 Å². The number of nitrogens with two attached hydrogens (primary N) is 3. The molecule has 20 rings (SSSR count). The molecule has 5 atom stereocenters. The van der Waals surface area contributed by atoms with E-state index < -0.39 is 97.9 Å². The number of esters is 1. The number of halogens is 5. The third kappa shape index (κ3) is 19.2. The number of carbonyl (C=O) groups excluding carboxylic acids is 7. The van der Waals surface area contributed by atoms with Crippen LogP contribution >= 0.6 is 62.3 Å². The molecule has 6 amide bonds. The van der Waals surface area contributed by atoms with Gasteiger partial charge in [0.2, 0.25) is 0 Å². The molecular formula is C93H92BrCl4N27O14. The molecule has 8 aliphatic rings. The number of benzene rings is 4. The summed E-state index contributed by atoms with van der Waals surface area (Å²) >= 11 is 29.0. The third-order valence-corrected chi connectivity index (χ3v) is 24.8. The molecule has 0 saturated carbocycles. The second-order valence-electron chi connectivity index (χ2n) is 36.1. The lowest BCUT2D eigenvalue weighted by Gasteiger charge is -2.42. The Bertz CT molecular complexity index is 7120. The highest BCUT2D eigenvalue weighted by molar-refractivity contribution is 9.10. The van der Waals surface area contributed by atoms with Gasteiger partial charge in [-0.2, -0.15) is 0 Å². The number of aromatic nitrogens is 12. The van der Waals surface area contributed by atoms with Gasteiger partial charge in [-0.1, -0.05) is 143 Å². The van der Waals surface area contributed by atoms with Crippen molar-refractivity contribution < 1.29 is 47.8 Å². The molecule has 139 heavy (non-hydrogen) atoms. The standard InChI is InChI=1S/C29H32ClN7O6.C21H20BrClN2O4.2C19H16ClN7O2.C5H8N4/c1-27(2,3)42-25(40)34-21-12-20(31-15-32-21)33-19-11-18(30)22-23(38)35-29(37(22)24(19)39)14-36(26(41)43-28(4,5)6)13-16-9-7-8-10-17(16)29;1-20(2,3)29-19(28)12-8-11-6-4-5-7-13(11)21(10-12)24-17(26)16-15(23)9-14(22)18(27)25(16)21;2*20-12-5-13(25-15-6-14(21)23-9-24-15)18(29)27-16(12)17(28)26-19(27)8-22-7-10-3-1-2-4-11(10)19;1-7-5-2-4(6)8-3-9-5/h7-12,15H,13-14H2,1-6H3,(H,35,38)(H2,31,32,33,34,40);4-7,9,12H,8,10H2,1-3H3,(H,24,26);2*1-6,9,22H,7-8H2,(H,26,28)(H3,21,23,24,25);2-3H,1H3,(H3,6,7,8,9). The van der Waals surface area contributed by atoms with Crippen LogP contribution in [0.3, 0.4) is 0 Å². The molecule has 0 fully saturated rings. The van der Waals surface area contributed by atoms with E-state index in [0.29, 0.717) is 55.6 Å². The van der Waals surface area contributed by atoms with Crippen LogP contribution in [0, 0.1) is 5.92 Å². The van der Waals surface area contributed by atoms with Gasteiger partial charge in [0.1, 0.15) is 134 Å². The Morgan fingerprint density at radius 3 is 1.21 bits per heavy atom. The van der Waals surface area contributed by atoms with E-state index in [2.05, 4.69) is 114 Å². The first-order valence-electron chi connectivity index (χ1n) is 43.2. The normalized spacial score (nSPS) is 18.9. The van der Waals surface area contributed by atoms with Gasteiger partial charge in [-0.3, -0.25) is 71.6 Å². The summed E-state index contributed by atoms with van der Waals surface area (Å²) in [5.41, 5.74) is 15.4. The number of hydrogen-bond donors (Lipinski definition) is 14. The van der Waals surface area contributed by atoms with Crippen LogP contribution < -0.4 is 97.9 Å². The lowest BCUT2D eigenvalue weighted by molar-refractivity contribution is -0.161. The number of anilines is 11. The zero-order valence-electron chi connectivity index (χ0n) is 76.1. The first-order valence-corrected chi connectivity index (χ1v) is 45.5. The fourth-order valence-corrected chi connectivity index (χ4v) is 19.4. The van der Waals surface area contributed by atoms with Crippen LogP contribution in [0.25, 0.3) is 0 Å². The topological polar surface area (TPSA) is 552 Å². The van der Waals surface area contributed by atoms with Gasteiger partial charge in [0.15, 0.2) is 17.0 Å². The number of nitrogens with one attached hydrogen (secondary N) is 11. The van der Waals surface area contributed by atoms with E-state index in [1.165, 1.54) is 90.9 Å². The van der Waals surface area contributed by atoms with Crippen LogP contribution in [0.1, 0.15) is 155 Å². The summed E-state index contributed by atoms with van der Waals surface area (Å²) in [5.74, 6) is 0.0235. The van der Waals surface area contributed by atoms with Crippen LogP contribution in [-0.2, 0) is 67.7 Å². The highest BCUT2D eigenvalue weighted by Crippen LogP contribution is 2.47. The van der Waals surface area contributed by atoms with E-state index >= 15 is 0 Å². The molecule has 46 heteroatoms. The Balaban J connectivity index is 0.000000131. The number of rotatable bonds is 9. The maximum atomic E-state index is 14.2. The highest BCUT2D eigenvalue weighted by Gasteiger charge is 2.56. The summed E-state index contributed by atoms with van der Waals surface area (Å²) < 4.78 is 22.3. The van der Waals surface area contributed by atoms with Crippen molar-refractivity contribution >= 4 is 168 Å². The molecule has 12 aromatic rings. The van der Waals surface area contributed by atoms with Gasteiger partial charge >= 0.3 is 18.2 Å². The molecule has 718 valence electrons. The first-order chi connectivity index (χ1) is 65.9. The van der Waals surface area contributed by atoms with Crippen molar-refractivity contribution in [3.05, 3.63) is 304 Å². The Kier molecular flexibility index (Phi) is 26.5. The number of hydrogen-bond acceptors (Lipinski definition) is 31. The molecule has 17 N–H and O–H groups in total. The molecular weight excluding hydrogens is 1940 g/mol. The minimum Gasteiger partial charge on any atom is -0.460 e. The minimum absolute atomic E-state index is 0.00147. The Morgan fingerprint density at radius 1 is 0.424 bits per heavy atom. The average Bonchev–Trinajstić information content (AvgIpc) is 1.58. The second kappa shape index (κ2) is 37.9. The predicted molar refractivity (Wildman–Crippen MR) is 523 cm³/mol. The van der Waals surface area contributed by atoms with Gasteiger partial charge in [0, 0.05) is 92.7 Å². The van der Waals surface area contributed by atoms with Gasteiger partial charge in [-0.25, -0.2) is 49.5 Å². The zero-order valence-corrected chi connectivity index (χ0v) is 80.7. The summed E-state index contributed by atoms with van der Waals surface area (Å²) in [7, 11) is 1.78. The molecule has 0 radical (unpaired) electrons. The van der Waals surface area contributed by atoms with Crippen LogP contribution in [0.2, 0.25) is 20.1 Å². The maximum absolute atomic E-state index is 14.2. The van der Waals surface area contributed by atoms with E-state index in [1.807, 2.05) is 106 Å². The molecule has 8 aromatic heterocycles. The molecule has 5 unspecified atom stereocenters. The van der Waals surface area contributed by atoms with Crippen LogP contribution in [0.15, 0.2) is 195 Å². The Hall–Kier alpha value is -15.0. The lowest BCUT2D eigenvalue weighted by atomic mass is 9.76. The number of fused-ring (bicyclic) bond motifs is 16. The SMILES string of the molecule is CC(C)(C)OC(=O)C1Cc2ccccc2C2(C1)NC(=O)c1c(Cl)cc(Br)c(=O)n12.CC(C)(C)OC(=O)Nc1cc(Nc2cc(Cl)c3n(c2=O)C2(CN(C(=O)OC(C)(C)C)Cc4ccccc42)NC3=O)ncn1.CNc1cc(N)ncn1.Nc1cc(Nc2cc(Cl)c3n(c2=O)C2(CNCc4ccccc42)NC3=O)ncn1.Nc1cc(Nc2cc(Cl)c3n(c2=O)C2(CNCc4ccccc42)NC3=O)ncn1. The van der Waals surface area contributed by atoms with Gasteiger partial charge in [0.25, 0.3) is 45.9 Å². The molecule has 4 aromatic carbocycles. The fourth-order valence-electron chi connectivity index (χ4n) is 17.7. The van der Waals surface area contributed by atoms with E-state index in [4.69, 9.17) is 77.8 Å². The van der Waals surface area contributed by atoms with Crippen molar-refractivity contribution in [2.24, 2.45) is 5.92 Å². The lowest BCUT2D eigenvalue weighted by Crippen LogP contribution is -2.59. The number of nitrogens with zero attached hydrogens (tertiary/aromatic N) is 13. The van der Waals surface area contributed by atoms with E-state index in [0.717, 1.165) is 44.8 Å². The number of nitrogen functional groups attached to an aromatic ring is 3. The quantitative estimate of drug-likeness (QED) is 0.0471. The number of amides is 6. The zero-order chi connectivity index (χ0) is 99.5. The summed E-state index contributed by atoms with van der Waals surface area (Å²) in [4.78, 5) is 177. The minimum atomic E-state index is -1.47. The van der Waals surface area contributed by atoms with E-state index in [1.54, 1.807) is 66.8 Å². The van der Waals surface area contributed by atoms with Gasteiger partial charge in [-0.15, -0.1) is 0 Å². The molecule has 0 bridgehead atoms. The van der Waals surface area contributed by atoms with Crippen molar-refractivity contribution in [3.63, 3.8) is 0 Å². The molecule has 7 aliphatic heterocycles. The van der Waals surface area contributed by atoms with Gasteiger partial charge < -0.3 is 84.6 Å². The fraction of sp³-hybridized carbons (Fsp3) is 0.280. The molecule has 15 heterocycles. The number of pyridine rings is 4. The molecule has 1 aliphatic carbocycles. The van der Waals surface area contributed by atoms with Crippen molar-refractivity contribution in [2.45, 2.75) is 134 Å². The monoisotopic (exact) mass is 2030 g/mol. The number of ether oxygens (including phenoxy) is 3. The van der Waals surface area contributed by atoms with Crippen molar-refractivity contribution in [3.8, 4) is 0 Å². The van der Waals surface area contributed by atoms with Gasteiger partial charge in [-0.05, 0) is 131 Å². The second-order valence-corrected chi connectivity index (χ2v) is 38.6. The first kappa shape index (κ1) is 97.1. The summed E-state index contributed by atoms with van der Waals surface area (Å²) in [5, 5.41) is 33.1. The summed E-state index contributed by atoms with van der Waals surface area (Å²) in [6.45, 7) is 18.0. The van der Waals surface area contributed by atoms with E-state index in [9.17, 15) is 52.7 Å². The third-order valence-electron chi connectivity index (χ3n) is 23.1. The molecule has 41 nitrogen and oxygen atoms in total. The maximum Gasteiger partial charge on any atom is 0.413 e. The largest absolute Gasteiger partial charge is 0.460 e. The van der Waals surface area contributed by atoms with Crippen LogP contribution in [0.4, 0.5) is 73.2 Å². The van der Waals surface area contributed by atoms with Gasteiger partial charge in [0.05, 0.1) is 37.0 Å². The predicted octanol–water partition coefficient (Wildman–Crippen LogP) is 10.6. The Morgan fingerprint density at radius 2 is 0.777 bits per heavy atom. The Labute approximate surface area is 820 Å². The van der Waals surface area contributed by atoms with E-state index in [-0.39, 0.29) is 119 Å². The van der Waals surface area contributed by atoms with Crippen molar-refractivity contribution in [1.29, 1.82) is 0 Å².